The Balaban J connectivity index is 1.99. The third-order valence-corrected chi connectivity index (χ3v) is 5.18. The molecule has 0 spiro atoms. The van der Waals surface area contributed by atoms with Crippen molar-refractivity contribution in [3.05, 3.63) is 57.8 Å². The molecule has 1 aliphatic carbocycles. The van der Waals surface area contributed by atoms with Crippen LogP contribution >= 0.6 is 0 Å². The van der Waals surface area contributed by atoms with Crippen molar-refractivity contribution in [2.45, 2.75) is 27.7 Å². The number of aliphatic imine (C=N–C) groups is 3. The maximum absolute atomic E-state index is 13.4. The summed E-state index contributed by atoms with van der Waals surface area (Å²) in [6.45, 7) is 10.5. The summed E-state index contributed by atoms with van der Waals surface area (Å²) in [5.74, 6) is 0.706. The molecule has 0 radical (unpaired) electrons. The monoisotopic (exact) mass is 346 g/mol. The van der Waals surface area contributed by atoms with E-state index in [1.807, 2.05) is 38.1 Å². The predicted octanol–water partition coefficient (Wildman–Crippen LogP) is 3.43. The Morgan fingerprint density at radius 3 is 2.31 bits per heavy atom. The van der Waals surface area contributed by atoms with Crippen LogP contribution in [0.2, 0.25) is 0 Å². The van der Waals surface area contributed by atoms with Crippen LogP contribution in [-0.4, -0.2) is 47.7 Å². The average Bonchev–Trinajstić information content (AvgIpc) is 3.22. The summed E-state index contributed by atoms with van der Waals surface area (Å²) >= 11 is 0. The standard InChI is InChI=1S/C21H22N4O/c1-5-25(6-2)21-23-18-14-9-7-8-10-15(14)20(26)17(19(18)24-21)16-12(3)11-22-13(16)4/h7-10H,5-6,11H2,1-4H3. The van der Waals surface area contributed by atoms with E-state index in [4.69, 9.17) is 9.98 Å². The number of hydrogen-bond acceptors (Lipinski definition) is 5. The van der Waals surface area contributed by atoms with E-state index < -0.39 is 0 Å². The third kappa shape index (κ3) is 2.30. The van der Waals surface area contributed by atoms with E-state index >= 15 is 0 Å². The van der Waals surface area contributed by atoms with Gasteiger partial charge in [0.15, 0.2) is 5.78 Å². The fourth-order valence-corrected chi connectivity index (χ4v) is 3.80. The number of hydrogen-bond donors (Lipinski definition) is 0. The topological polar surface area (TPSA) is 57.4 Å². The Kier molecular flexibility index (Phi) is 3.94. The fourth-order valence-electron chi connectivity index (χ4n) is 3.80. The summed E-state index contributed by atoms with van der Waals surface area (Å²) in [4.78, 5) is 29.6. The number of Topliss-reactive ketones (excluding diaryl/α,β-unsaturated/α-hetero) is 1. The molecule has 0 saturated carbocycles. The van der Waals surface area contributed by atoms with Crippen LogP contribution in [-0.2, 0) is 0 Å². The maximum atomic E-state index is 13.4. The van der Waals surface area contributed by atoms with E-state index in [2.05, 4.69) is 23.7 Å². The van der Waals surface area contributed by atoms with E-state index in [0.717, 1.165) is 41.2 Å². The Morgan fingerprint density at radius 2 is 1.69 bits per heavy atom. The quantitative estimate of drug-likeness (QED) is 0.842. The molecule has 0 unspecified atom stereocenters. The van der Waals surface area contributed by atoms with Crippen LogP contribution in [0.15, 0.2) is 61.7 Å². The zero-order chi connectivity index (χ0) is 18.4. The number of rotatable bonds is 3. The second kappa shape index (κ2) is 6.16. The zero-order valence-corrected chi connectivity index (χ0v) is 15.6. The van der Waals surface area contributed by atoms with Crippen molar-refractivity contribution in [1.29, 1.82) is 0 Å². The summed E-state index contributed by atoms with van der Waals surface area (Å²) in [5.41, 5.74) is 6.68. The van der Waals surface area contributed by atoms with Gasteiger partial charge < -0.3 is 4.90 Å². The molecule has 0 amide bonds. The van der Waals surface area contributed by atoms with Crippen LogP contribution in [0.4, 0.5) is 0 Å². The van der Waals surface area contributed by atoms with Crippen LogP contribution < -0.4 is 0 Å². The van der Waals surface area contributed by atoms with Gasteiger partial charge in [-0.05, 0) is 33.3 Å². The Hall–Kier alpha value is -2.82. The molecule has 0 aromatic heterocycles. The van der Waals surface area contributed by atoms with Gasteiger partial charge in [-0.2, -0.15) is 0 Å². The summed E-state index contributed by atoms with van der Waals surface area (Å²) in [7, 11) is 0. The number of carbonyl (C=O) groups is 1. The van der Waals surface area contributed by atoms with Crippen molar-refractivity contribution in [3.63, 3.8) is 0 Å². The highest BCUT2D eigenvalue weighted by atomic mass is 16.1. The average molecular weight is 346 g/mol. The number of carbonyl (C=O) groups excluding carboxylic acids is 1. The summed E-state index contributed by atoms with van der Waals surface area (Å²) in [6.07, 6.45) is 0. The lowest BCUT2D eigenvalue weighted by Crippen LogP contribution is -2.28. The van der Waals surface area contributed by atoms with Gasteiger partial charge in [0.25, 0.3) is 0 Å². The highest BCUT2D eigenvalue weighted by molar-refractivity contribution is 6.35. The maximum Gasteiger partial charge on any atom is 0.226 e. The molecular formula is C21H22N4O. The molecular weight excluding hydrogens is 324 g/mol. The molecule has 132 valence electrons. The van der Waals surface area contributed by atoms with Crippen LogP contribution in [0, 0.1) is 0 Å². The van der Waals surface area contributed by atoms with Crippen LogP contribution in [0.1, 0.15) is 43.6 Å². The van der Waals surface area contributed by atoms with Crippen LogP contribution in [0.5, 0.6) is 0 Å². The second-order valence-corrected chi connectivity index (χ2v) is 6.70. The van der Waals surface area contributed by atoms with Crippen LogP contribution in [0.3, 0.4) is 0 Å². The lowest BCUT2D eigenvalue weighted by molar-refractivity contribution is 0.103. The van der Waals surface area contributed by atoms with Crippen molar-refractivity contribution in [1.82, 2.24) is 4.90 Å². The largest absolute Gasteiger partial charge is 0.341 e. The van der Waals surface area contributed by atoms with Crippen molar-refractivity contribution < 1.29 is 4.79 Å². The summed E-state index contributed by atoms with van der Waals surface area (Å²) in [6, 6.07) is 7.68. The van der Waals surface area contributed by atoms with E-state index in [1.165, 1.54) is 0 Å². The van der Waals surface area contributed by atoms with Gasteiger partial charge in [-0.15, -0.1) is 0 Å². The first-order valence-corrected chi connectivity index (χ1v) is 9.09. The number of fused-ring (bicyclic) bond motifs is 3. The molecule has 2 aliphatic heterocycles. The fraction of sp³-hybridized carbons (Fsp3) is 0.333. The van der Waals surface area contributed by atoms with Crippen LogP contribution in [0.25, 0.3) is 0 Å². The first-order chi connectivity index (χ1) is 12.6. The zero-order valence-electron chi connectivity index (χ0n) is 15.6. The summed E-state index contributed by atoms with van der Waals surface area (Å²) < 4.78 is 0. The number of nitrogens with zero attached hydrogens (tertiary/aromatic N) is 4. The minimum atomic E-state index is 0.0184. The molecule has 4 rings (SSSR count). The molecule has 5 heteroatoms. The van der Waals surface area contributed by atoms with Gasteiger partial charge in [0.2, 0.25) is 5.96 Å². The van der Waals surface area contributed by atoms with Gasteiger partial charge in [0, 0.05) is 35.5 Å². The van der Waals surface area contributed by atoms with E-state index in [0.29, 0.717) is 29.3 Å². The molecule has 2 heterocycles. The lowest BCUT2D eigenvalue weighted by atomic mass is 9.82. The van der Waals surface area contributed by atoms with Gasteiger partial charge in [-0.1, -0.05) is 24.3 Å². The Bertz CT molecular complexity index is 971. The molecule has 0 bridgehead atoms. The van der Waals surface area contributed by atoms with E-state index in [1.54, 1.807) is 0 Å². The summed E-state index contributed by atoms with van der Waals surface area (Å²) in [5, 5.41) is 0. The Labute approximate surface area is 153 Å². The molecule has 26 heavy (non-hydrogen) atoms. The third-order valence-electron chi connectivity index (χ3n) is 5.18. The Morgan fingerprint density at radius 1 is 1.00 bits per heavy atom. The number of allylic oxidation sites excluding steroid dienone is 3. The smallest absolute Gasteiger partial charge is 0.226 e. The first-order valence-electron chi connectivity index (χ1n) is 9.09. The van der Waals surface area contributed by atoms with E-state index in [-0.39, 0.29) is 5.78 Å². The van der Waals surface area contributed by atoms with Crippen molar-refractivity contribution in [2.24, 2.45) is 15.0 Å². The van der Waals surface area contributed by atoms with Gasteiger partial charge in [0.05, 0.1) is 12.1 Å². The molecule has 0 N–H and O–H groups in total. The van der Waals surface area contributed by atoms with Gasteiger partial charge >= 0.3 is 0 Å². The van der Waals surface area contributed by atoms with Gasteiger partial charge in [-0.3, -0.25) is 9.79 Å². The molecule has 0 fully saturated rings. The molecule has 5 nitrogen and oxygen atoms in total. The van der Waals surface area contributed by atoms with E-state index in [9.17, 15) is 4.79 Å². The predicted molar refractivity (Wildman–Crippen MR) is 105 cm³/mol. The number of guanidine groups is 1. The van der Waals surface area contributed by atoms with Gasteiger partial charge in [0.1, 0.15) is 11.4 Å². The molecule has 0 saturated heterocycles. The SMILES string of the molecule is CCN(CC)C1=NC2=C(C3=C(C)CN=C3C)C(=O)c3ccccc3C2=N1. The number of ketones is 1. The second-order valence-electron chi connectivity index (χ2n) is 6.70. The van der Waals surface area contributed by atoms with Crippen molar-refractivity contribution >= 4 is 23.2 Å². The van der Waals surface area contributed by atoms with Crippen molar-refractivity contribution in [3.8, 4) is 0 Å². The minimum Gasteiger partial charge on any atom is -0.341 e. The number of benzene rings is 1. The lowest BCUT2D eigenvalue weighted by Gasteiger charge is -2.20. The van der Waals surface area contributed by atoms with Gasteiger partial charge in [-0.25, -0.2) is 9.98 Å². The van der Waals surface area contributed by atoms with Crippen molar-refractivity contribution in [2.75, 3.05) is 19.6 Å². The normalized spacial score (nSPS) is 18.6. The first kappa shape index (κ1) is 16.6. The molecule has 1 aromatic rings. The molecule has 0 atom stereocenters. The highest BCUT2D eigenvalue weighted by Gasteiger charge is 2.37. The highest BCUT2D eigenvalue weighted by Crippen LogP contribution is 2.37. The molecule has 1 aromatic carbocycles. The molecule has 3 aliphatic rings. The minimum absolute atomic E-state index is 0.0184.